The second kappa shape index (κ2) is 8.75. The maximum absolute atomic E-state index is 13.4. The summed E-state index contributed by atoms with van der Waals surface area (Å²) in [6.45, 7) is 5.54. The molecule has 7 nitrogen and oxygen atoms in total. The van der Waals surface area contributed by atoms with E-state index in [4.69, 9.17) is 9.47 Å². The minimum Gasteiger partial charge on any atom is -0.462 e. The number of nitrogens with zero attached hydrogens (tertiary/aromatic N) is 3. The highest BCUT2D eigenvalue weighted by molar-refractivity contribution is 5.91. The van der Waals surface area contributed by atoms with Gasteiger partial charge in [0.2, 0.25) is 5.91 Å². The molecule has 0 aromatic heterocycles. The SMILES string of the molecule is CCOC(=O)C1=CN=NC1N(C(=O)[C@H]1CC[C@H](C)CC1)C1CCOCC1. The lowest BCUT2D eigenvalue weighted by atomic mass is 9.82. The molecule has 1 saturated heterocycles. The van der Waals surface area contributed by atoms with Gasteiger partial charge in [-0.05, 0) is 51.4 Å². The summed E-state index contributed by atoms with van der Waals surface area (Å²) in [4.78, 5) is 27.5. The first kappa shape index (κ1) is 19.0. The molecule has 2 fully saturated rings. The van der Waals surface area contributed by atoms with E-state index >= 15 is 0 Å². The lowest BCUT2D eigenvalue weighted by Crippen LogP contribution is -2.52. The van der Waals surface area contributed by atoms with E-state index in [2.05, 4.69) is 17.2 Å². The van der Waals surface area contributed by atoms with Gasteiger partial charge in [-0.3, -0.25) is 4.79 Å². The number of amides is 1. The third-order valence-electron chi connectivity index (χ3n) is 5.63. The van der Waals surface area contributed by atoms with Crippen molar-refractivity contribution in [2.45, 2.75) is 64.6 Å². The number of azo groups is 1. The molecular weight excluding hydrogens is 334 g/mol. The Balaban J connectivity index is 1.81. The Labute approximate surface area is 154 Å². The zero-order valence-corrected chi connectivity index (χ0v) is 15.7. The van der Waals surface area contributed by atoms with Gasteiger partial charge in [0.1, 0.15) is 5.57 Å². The number of hydrogen-bond donors (Lipinski definition) is 0. The van der Waals surface area contributed by atoms with E-state index in [0.717, 1.165) is 38.5 Å². The number of esters is 1. The van der Waals surface area contributed by atoms with Gasteiger partial charge in [-0.1, -0.05) is 6.92 Å². The Hall–Kier alpha value is -1.76. The number of carbonyl (C=O) groups is 2. The Morgan fingerprint density at radius 3 is 2.54 bits per heavy atom. The largest absolute Gasteiger partial charge is 0.462 e. The fraction of sp³-hybridized carbons (Fsp3) is 0.789. The molecule has 3 aliphatic rings. The topological polar surface area (TPSA) is 80.6 Å². The van der Waals surface area contributed by atoms with Crippen LogP contribution in [0.1, 0.15) is 52.4 Å². The number of ether oxygens (including phenoxy) is 2. The summed E-state index contributed by atoms with van der Waals surface area (Å²) in [6, 6.07) is 0.0236. The maximum atomic E-state index is 13.4. The monoisotopic (exact) mass is 363 g/mol. The lowest BCUT2D eigenvalue weighted by molar-refractivity contribution is -0.145. The molecule has 1 aliphatic carbocycles. The zero-order chi connectivity index (χ0) is 18.5. The van der Waals surface area contributed by atoms with E-state index in [1.54, 1.807) is 6.92 Å². The van der Waals surface area contributed by atoms with E-state index in [0.29, 0.717) is 24.7 Å². The van der Waals surface area contributed by atoms with Gasteiger partial charge in [0.05, 0.1) is 12.8 Å². The fourth-order valence-corrected chi connectivity index (χ4v) is 4.05. The third kappa shape index (κ3) is 4.14. The molecule has 0 N–H and O–H groups in total. The Morgan fingerprint density at radius 2 is 1.88 bits per heavy atom. The molecule has 26 heavy (non-hydrogen) atoms. The molecule has 1 atom stereocenters. The third-order valence-corrected chi connectivity index (χ3v) is 5.63. The summed E-state index contributed by atoms with van der Waals surface area (Å²) in [7, 11) is 0. The summed E-state index contributed by atoms with van der Waals surface area (Å²) in [6.07, 6.45) is 6.25. The first-order valence-electron chi connectivity index (χ1n) is 9.78. The predicted molar refractivity (Wildman–Crippen MR) is 95.2 cm³/mol. The van der Waals surface area contributed by atoms with Crippen molar-refractivity contribution in [3.05, 3.63) is 11.8 Å². The second-order valence-corrected chi connectivity index (χ2v) is 7.46. The molecule has 7 heteroatoms. The molecule has 0 radical (unpaired) electrons. The second-order valence-electron chi connectivity index (χ2n) is 7.46. The van der Waals surface area contributed by atoms with Crippen LogP contribution in [0.25, 0.3) is 0 Å². The minimum absolute atomic E-state index is 0.00768. The molecule has 1 saturated carbocycles. The van der Waals surface area contributed by atoms with Crippen LogP contribution in [-0.4, -0.2) is 48.8 Å². The fourth-order valence-electron chi connectivity index (χ4n) is 4.05. The average molecular weight is 363 g/mol. The smallest absolute Gasteiger partial charge is 0.339 e. The van der Waals surface area contributed by atoms with Crippen molar-refractivity contribution in [2.75, 3.05) is 19.8 Å². The van der Waals surface area contributed by atoms with E-state index in [-0.39, 0.29) is 24.5 Å². The first-order chi connectivity index (χ1) is 12.6. The van der Waals surface area contributed by atoms with Crippen molar-refractivity contribution in [1.82, 2.24) is 4.90 Å². The Kier molecular flexibility index (Phi) is 6.40. The van der Waals surface area contributed by atoms with Gasteiger partial charge in [0.25, 0.3) is 0 Å². The van der Waals surface area contributed by atoms with Crippen molar-refractivity contribution in [3.8, 4) is 0 Å². The molecule has 1 amide bonds. The van der Waals surface area contributed by atoms with Gasteiger partial charge < -0.3 is 14.4 Å². The van der Waals surface area contributed by atoms with Crippen molar-refractivity contribution < 1.29 is 19.1 Å². The summed E-state index contributed by atoms with van der Waals surface area (Å²) in [5.41, 5.74) is 0.357. The van der Waals surface area contributed by atoms with Gasteiger partial charge >= 0.3 is 5.97 Å². The molecule has 2 aliphatic heterocycles. The van der Waals surface area contributed by atoms with Crippen molar-refractivity contribution >= 4 is 11.9 Å². The Morgan fingerprint density at radius 1 is 1.19 bits per heavy atom. The molecule has 0 aromatic carbocycles. The van der Waals surface area contributed by atoms with Crippen LogP contribution in [0.15, 0.2) is 22.0 Å². The Bertz CT molecular complexity index is 575. The van der Waals surface area contributed by atoms with Gasteiger partial charge in [-0.2, -0.15) is 10.2 Å². The standard InChI is InChI=1S/C19H29N3O4/c1-3-26-19(24)16-12-20-21-17(16)22(15-8-10-25-11-9-15)18(23)14-6-4-13(2)5-7-14/h12-15,17H,3-11H2,1-2H3/t13-,14-,17?. The summed E-state index contributed by atoms with van der Waals surface area (Å²) < 4.78 is 10.6. The van der Waals surface area contributed by atoms with Crippen molar-refractivity contribution in [3.63, 3.8) is 0 Å². The van der Waals surface area contributed by atoms with Gasteiger partial charge in [0, 0.05) is 25.2 Å². The van der Waals surface area contributed by atoms with E-state index in [1.165, 1.54) is 6.20 Å². The lowest BCUT2D eigenvalue weighted by Gasteiger charge is -2.40. The molecule has 2 heterocycles. The maximum Gasteiger partial charge on any atom is 0.339 e. The molecular formula is C19H29N3O4. The van der Waals surface area contributed by atoms with Crippen LogP contribution >= 0.6 is 0 Å². The first-order valence-corrected chi connectivity index (χ1v) is 9.78. The highest BCUT2D eigenvalue weighted by atomic mass is 16.5. The molecule has 0 bridgehead atoms. The molecule has 0 spiro atoms. The van der Waals surface area contributed by atoms with Crippen LogP contribution in [0.4, 0.5) is 0 Å². The molecule has 144 valence electrons. The van der Waals surface area contributed by atoms with Gasteiger partial charge in [-0.25, -0.2) is 4.79 Å². The zero-order valence-electron chi connectivity index (χ0n) is 15.7. The van der Waals surface area contributed by atoms with Crippen LogP contribution in [0.3, 0.4) is 0 Å². The number of carbonyl (C=O) groups excluding carboxylic acids is 2. The highest BCUT2D eigenvalue weighted by Crippen LogP contribution is 2.34. The van der Waals surface area contributed by atoms with Crippen molar-refractivity contribution in [2.24, 2.45) is 22.1 Å². The van der Waals surface area contributed by atoms with Crippen LogP contribution in [0.2, 0.25) is 0 Å². The van der Waals surface area contributed by atoms with Crippen LogP contribution < -0.4 is 0 Å². The normalized spacial score (nSPS) is 29.3. The van der Waals surface area contributed by atoms with E-state index in [9.17, 15) is 9.59 Å². The van der Waals surface area contributed by atoms with Gasteiger partial charge in [-0.15, -0.1) is 0 Å². The summed E-state index contributed by atoms with van der Waals surface area (Å²) in [5, 5.41) is 8.16. The molecule has 0 aromatic rings. The van der Waals surface area contributed by atoms with E-state index < -0.39 is 12.1 Å². The van der Waals surface area contributed by atoms with Crippen LogP contribution in [-0.2, 0) is 19.1 Å². The van der Waals surface area contributed by atoms with Crippen LogP contribution in [0, 0.1) is 11.8 Å². The number of rotatable bonds is 5. The van der Waals surface area contributed by atoms with Crippen LogP contribution in [0.5, 0.6) is 0 Å². The minimum atomic E-state index is -0.663. The summed E-state index contributed by atoms with van der Waals surface area (Å²) in [5.74, 6) is 0.347. The number of hydrogen-bond acceptors (Lipinski definition) is 6. The highest BCUT2D eigenvalue weighted by Gasteiger charge is 2.41. The molecule has 3 rings (SSSR count). The average Bonchev–Trinajstić information content (AvgIpc) is 3.13. The van der Waals surface area contributed by atoms with Gasteiger partial charge in [0.15, 0.2) is 6.17 Å². The summed E-state index contributed by atoms with van der Waals surface area (Å²) >= 11 is 0. The quantitative estimate of drug-likeness (QED) is 0.703. The predicted octanol–water partition coefficient (Wildman–Crippen LogP) is 3.06. The van der Waals surface area contributed by atoms with Crippen molar-refractivity contribution in [1.29, 1.82) is 0 Å². The van der Waals surface area contributed by atoms with E-state index in [1.807, 2.05) is 4.90 Å². The molecule has 1 unspecified atom stereocenters.